The second kappa shape index (κ2) is 4.29. The summed E-state index contributed by atoms with van der Waals surface area (Å²) in [5.41, 5.74) is -0.388. The highest BCUT2D eigenvalue weighted by atomic mass is 16.2. The van der Waals surface area contributed by atoms with Crippen molar-refractivity contribution in [3.8, 4) is 12.3 Å². The molecule has 1 saturated carbocycles. The fourth-order valence-corrected chi connectivity index (χ4v) is 1.92. The molecular formula is C10H16N2O. The monoisotopic (exact) mass is 180 g/mol. The van der Waals surface area contributed by atoms with Crippen LogP contribution in [0.1, 0.15) is 25.7 Å². The lowest BCUT2D eigenvalue weighted by atomic mass is 9.96. The van der Waals surface area contributed by atoms with Gasteiger partial charge in [-0.2, -0.15) is 0 Å². The Bertz CT molecular complexity index is 224. The van der Waals surface area contributed by atoms with Crippen LogP contribution < -0.4 is 10.6 Å². The van der Waals surface area contributed by atoms with E-state index in [2.05, 4.69) is 16.6 Å². The predicted octanol–water partition coefficient (Wildman–Crippen LogP) is 0.268. The lowest BCUT2D eigenvalue weighted by Gasteiger charge is -2.27. The third-order valence-corrected chi connectivity index (χ3v) is 2.65. The number of terminal acetylenes is 1. The Morgan fingerprint density at radius 3 is 2.62 bits per heavy atom. The average molecular weight is 180 g/mol. The second-order valence-electron chi connectivity index (χ2n) is 3.43. The van der Waals surface area contributed by atoms with Crippen LogP contribution in [0.4, 0.5) is 0 Å². The molecule has 1 amide bonds. The summed E-state index contributed by atoms with van der Waals surface area (Å²) in [6, 6.07) is 0. The highest BCUT2D eigenvalue weighted by Gasteiger charge is 2.39. The Kier molecular flexibility index (Phi) is 3.32. The number of likely N-dealkylation sites (N-methyl/N-ethyl adjacent to an activating group) is 1. The van der Waals surface area contributed by atoms with Crippen molar-refractivity contribution >= 4 is 5.91 Å². The minimum absolute atomic E-state index is 0.0697. The number of carbonyl (C=O) groups is 1. The molecule has 1 aliphatic carbocycles. The SMILES string of the molecule is C#CCNC1(C(=O)NC)CCCC1. The second-order valence-corrected chi connectivity index (χ2v) is 3.43. The standard InChI is InChI=1S/C10H16N2O/c1-3-8-12-10(9(13)11-2)6-4-5-7-10/h1,12H,4-8H2,2H3,(H,11,13). The Morgan fingerprint density at radius 1 is 1.54 bits per heavy atom. The van der Waals surface area contributed by atoms with Gasteiger partial charge in [0.05, 0.1) is 12.1 Å². The first-order valence-corrected chi connectivity index (χ1v) is 4.66. The van der Waals surface area contributed by atoms with Crippen LogP contribution >= 0.6 is 0 Å². The molecule has 0 heterocycles. The average Bonchev–Trinajstić information content (AvgIpc) is 2.63. The zero-order valence-corrected chi connectivity index (χ0v) is 8.02. The fraction of sp³-hybridized carbons (Fsp3) is 0.700. The van der Waals surface area contributed by atoms with Crippen molar-refractivity contribution in [1.82, 2.24) is 10.6 Å². The topological polar surface area (TPSA) is 41.1 Å². The summed E-state index contributed by atoms with van der Waals surface area (Å²) in [7, 11) is 1.67. The van der Waals surface area contributed by atoms with Crippen molar-refractivity contribution in [2.45, 2.75) is 31.2 Å². The van der Waals surface area contributed by atoms with Crippen molar-refractivity contribution in [1.29, 1.82) is 0 Å². The number of nitrogens with one attached hydrogen (secondary N) is 2. The third kappa shape index (κ3) is 2.02. The van der Waals surface area contributed by atoms with E-state index in [0.717, 1.165) is 25.7 Å². The maximum atomic E-state index is 11.6. The van der Waals surface area contributed by atoms with Gasteiger partial charge >= 0.3 is 0 Å². The van der Waals surface area contributed by atoms with Gasteiger partial charge in [0.15, 0.2) is 0 Å². The quantitative estimate of drug-likeness (QED) is 0.612. The maximum Gasteiger partial charge on any atom is 0.240 e. The van der Waals surface area contributed by atoms with Gasteiger partial charge in [0.1, 0.15) is 0 Å². The molecule has 1 aliphatic rings. The van der Waals surface area contributed by atoms with E-state index in [4.69, 9.17) is 6.42 Å². The van der Waals surface area contributed by atoms with Crippen molar-refractivity contribution in [2.75, 3.05) is 13.6 Å². The van der Waals surface area contributed by atoms with Crippen LogP contribution in [0.25, 0.3) is 0 Å². The van der Waals surface area contributed by atoms with Crippen LogP contribution in [0, 0.1) is 12.3 Å². The fourth-order valence-electron chi connectivity index (χ4n) is 1.92. The molecule has 3 heteroatoms. The third-order valence-electron chi connectivity index (χ3n) is 2.65. The molecule has 0 atom stereocenters. The number of rotatable bonds is 3. The molecule has 0 aromatic heterocycles. The predicted molar refractivity (Wildman–Crippen MR) is 52.1 cm³/mol. The van der Waals surface area contributed by atoms with Crippen LogP contribution in [-0.4, -0.2) is 25.0 Å². The van der Waals surface area contributed by atoms with E-state index in [0.29, 0.717) is 6.54 Å². The van der Waals surface area contributed by atoms with E-state index in [1.165, 1.54) is 0 Å². The van der Waals surface area contributed by atoms with Crippen molar-refractivity contribution in [3.63, 3.8) is 0 Å². The first-order valence-electron chi connectivity index (χ1n) is 4.66. The normalized spacial score (nSPS) is 19.4. The summed E-state index contributed by atoms with van der Waals surface area (Å²) in [4.78, 5) is 11.6. The molecule has 2 N–H and O–H groups in total. The van der Waals surface area contributed by atoms with Gasteiger partial charge in [0.25, 0.3) is 0 Å². The summed E-state index contributed by atoms with van der Waals surface area (Å²) in [5, 5.41) is 5.83. The van der Waals surface area contributed by atoms with E-state index in [-0.39, 0.29) is 11.4 Å². The van der Waals surface area contributed by atoms with Crippen LogP contribution in [0.2, 0.25) is 0 Å². The van der Waals surface area contributed by atoms with Gasteiger partial charge in [-0.05, 0) is 12.8 Å². The molecule has 1 rings (SSSR count). The molecule has 0 aromatic rings. The maximum absolute atomic E-state index is 11.6. The summed E-state index contributed by atoms with van der Waals surface area (Å²) in [6.45, 7) is 0.466. The lowest BCUT2D eigenvalue weighted by molar-refractivity contribution is -0.126. The van der Waals surface area contributed by atoms with Crippen LogP contribution in [-0.2, 0) is 4.79 Å². The van der Waals surface area contributed by atoms with E-state index in [9.17, 15) is 4.79 Å². The molecule has 1 fully saturated rings. The smallest absolute Gasteiger partial charge is 0.240 e. The first-order chi connectivity index (χ1) is 6.25. The Balaban J connectivity index is 2.64. The van der Waals surface area contributed by atoms with Gasteiger partial charge in [0, 0.05) is 7.05 Å². The van der Waals surface area contributed by atoms with Gasteiger partial charge in [-0.15, -0.1) is 6.42 Å². The van der Waals surface area contributed by atoms with Gasteiger partial charge in [-0.25, -0.2) is 0 Å². The molecule has 0 aliphatic heterocycles. The molecular weight excluding hydrogens is 164 g/mol. The summed E-state index contributed by atoms with van der Waals surface area (Å²) in [5.74, 6) is 2.58. The lowest BCUT2D eigenvalue weighted by Crippen LogP contribution is -2.54. The molecule has 0 saturated heterocycles. The Hall–Kier alpha value is -1.01. The zero-order valence-electron chi connectivity index (χ0n) is 8.02. The summed E-state index contributed by atoms with van der Waals surface area (Å²) >= 11 is 0. The van der Waals surface area contributed by atoms with Crippen molar-refractivity contribution in [2.24, 2.45) is 0 Å². The molecule has 0 unspecified atom stereocenters. The minimum Gasteiger partial charge on any atom is -0.358 e. The van der Waals surface area contributed by atoms with E-state index in [1.807, 2.05) is 0 Å². The Morgan fingerprint density at radius 2 is 2.15 bits per heavy atom. The minimum atomic E-state index is -0.388. The summed E-state index contributed by atoms with van der Waals surface area (Å²) < 4.78 is 0. The van der Waals surface area contributed by atoms with Gasteiger partial charge in [-0.3, -0.25) is 10.1 Å². The molecule has 72 valence electrons. The van der Waals surface area contributed by atoms with Crippen molar-refractivity contribution < 1.29 is 4.79 Å². The van der Waals surface area contributed by atoms with Crippen LogP contribution in [0.3, 0.4) is 0 Å². The van der Waals surface area contributed by atoms with Gasteiger partial charge < -0.3 is 5.32 Å². The number of hydrogen-bond donors (Lipinski definition) is 2. The summed E-state index contributed by atoms with van der Waals surface area (Å²) in [6.07, 6.45) is 9.16. The van der Waals surface area contributed by atoms with Crippen molar-refractivity contribution in [3.05, 3.63) is 0 Å². The highest BCUT2D eigenvalue weighted by molar-refractivity contribution is 5.86. The van der Waals surface area contributed by atoms with Gasteiger partial charge in [0.2, 0.25) is 5.91 Å². The van der Waals surface area contributed by atoms with Crippen LogP contribution in [0.5, 0.6) is 0 Å². The highest BCUT2D eigenvalue weighted by Crippen LogP contribution is 2.29. The number of carbonyl (C=O) groups excluding carboxylic acids is 1. The molecule has 13 heavy (non-hydrogen) atoms. The zero-order chi connectivity index (χ0) is 9.73. The largest absolute Gasteiger partial charge is 0.358 e. The van der Waals surface area contributed by atoms with E-state index >= 15 is 0 Å². The Labute approximate surface area is 79.3 Å². The molecule has 0 bridgehead atoms. The number of hydrogen-bond acceptors (Lipinski definition) is 2. The van der Waals surface area contributed by atoms with E-state index < -0.39 is 0 Å². The molecule has 3 nitrogen and oxygen atoms in total. The molecule has 0 radical (unpaired) electrons. The number of amides is 1. The molecule has 0 aromatic carbocycles. The van der Waals surface area contributed by atoms with Crippen LogP contribution in [0.15, 0.2) is 0 Å². The van der Waals surface area contributed by atoms with Gasteiger partial charge in [-0.1, -0.05) is 18.8 Å². The first kappa shape index (κ1) is 10.1. The van der Waals surface area contributed by atoms with E-state index in [1.54, 1.807) is 7.05 Å². The molecule has 0 spiro atoms.